The molecule has 0 aliphatic carbocycles. The molecule has 42 heavy (non-hydrogen) atoms. The van der Waals surface area contributed by atoms with Crippen molar-refractivity contribution in [1.29, 1.82) is 0 Å². The molecule has 2 nitrogen and oxygen atoms in total. The number of para-hydroxylation sites is 3. The third-order valence-electron chi connectivity index (χ3n) is 9.21. The molecule has 0 saturated heterocycles. The Morgan fingerprint density at radius 1 is 0.357 bits per heavy atom. The maximum absolute atomic E-state index is 2.47. The zero-order valence-corrected chi connectivity index (χ0v) is 22.8. The highest BCUT2D eigenvalue weighted by molar-refractivity contribution is 6.29. The molecule has 0 N–H and O–H groups in total. The van der Waals surface area contributed by atoms with E-state index >= 15 is 0 Å². The van der Waals surface area contributed by atoms with Gasteiger partial charge in [-0.1, -0.05) is 91.0 Å². The number of hydrogen-bond acceptors (Lipinski definition) is 0. The molecule has 3 heterocycles. The molecule has 194 valence electrons. The van der Waals surface area contributed by atoms with Gasteiger partial charge in [-0.25, -0.2) is 0 Å². The molecule has 7 aromatic carbocycles. The van der Waals surface area contributed by atoms with E-state index in [1.54, 1.807) is 0 Å². The van der Waals surface area contributed by atoms with Crippen molar-refractivity contribution in [2.75, 3.05) is 0 Å². The van der Waals surface area contributed by atoms with Crippen molar-refractivity contribution in [2.24, 2.45) is 0 Å². The molecule has 2 heteroatoms. The summed E-state index contributed by atoms with van der Waals surface area (Å²) in [7, 11) is 0. The number of hydrogen-bond donors (Lipinski definition) is 0. The van der Waals surface area contributed by atoms with Crippen molar-refractivity contribution >= 4 is 70.7 Å². The standard InChI is InChI=1S/C40H24N2/c1-2-11-28(12-3-1)41-35-16-8-6-14-30(35)32-22-26(19-20-37(32)41)27-23-33-31-15-7-9-17-36(31)42-38-21-18-25-10-4-5-13-29(25)39(38)34(24-27)40(33)42/h1-24H. The van der Waals surface area contributed by atoms with Gasteiger partial charge in [0.15, 0.2) is 0 Å². The Bertz CT molecular complexity index is 2670. The van der Waals surface area contributed by atoms with E-state index in [-0.39, 0.29) is 0 Å². The quantitative estimate of drug-likeness (QED) is 0.209. The van der Waals surface area contributed by atoms with E-state index in [1.165, 1.54) is 87.5 Å². The Morgan fingerprint density at radius 3 is 1.83 bits per heavy atom. The molecule has 0 bridgehead atoms. The van der Waals surface area contributed by atoms with E-state index in [0.29, 0.717) is 0 Å². The summed E-state index contributed by atoms with van der Waals surface area (Å²) in [6.45, 7) is 0. The summed E-state index contributed by atoms with van der Waals surface area (Å²) in [6, 6.07) is 53.4. The fourth-order valence-electron chi connectivity index (χ4n) is 7.44. The van der Waals surface area contributed by atoms with Crippen LogP contribution in [0.2, 0.25) is 0 Å². The highest BCUT2D eigenvalue weighted by Gasteiger charge is 2.20. The van der Waals surface area contributed by atoms with Crippen molar-refractivity contribution in [3.8, 4) is 16.8 Å². The molecule has 0 unspecified atom stereocenters. The Kier molecular flexibility index (Phi) is 4.21. The molecule has 0 radical (unpaired) electrons. The molecule has 0 aliphatic heterocycles. The van der Waals surface area contributed by atoms with Crippen LogP contribution in [0.5, 0.6) is 0 Å². The van der Waals surface area contributed by atoms with Gasteiger partial charge in [-0.05, 0) is 76.5 Å². The minimum absolute atomic E-state index is 1.18. The number of rotatable bonds is 2. The molecular formula is C40H24N2. The highest BCUT2D eigenvalue weighted by Crippen LogP contribution is 2.44. The predicted molar refractivity (Wildman–Crippen MR) is 178 cm³/mol. The summed E-state index contributed by atoms with van der Waals surface area (Å²) in [4.78, 5) is 0. The van der Waals surface area contributed by atoms with Crippen LogP contribution in [0.1, 0.15) is 0 Å². The first-order valence-electron chi connectivity index (χ1n) is 14.5. The number of fused-ring (bicyclic) bond motifs is 11. The average Bonchev–Trinajstić information content (AvgIpc) is 3.69. The summed E-state index contributed by atoms with van der Waals surface area (Å²) in [5.74, 6) is 0. The van der Waals surface area contributed by atoms with Gasteiger partial charge in [0.25, 0.3) is 0 Å². The van der Waals surface area contributed by atoms with Crippen molar-refractivity contribution in [2.45, 2.75) is 0 Å². The minimum atomic E-state index is 1.18. The van der Waals surface area contributed by atoms with Crippen molar-refractivity contribution in [3.63, 3.8) is 0 Å². The van der Waals surface area contributed by atoms with Gasteiger partial charge in [0.05, 0.1) is 27.6 Å². The van der Waals surface area contributed by atoms with E-state index in [2.05, 4.69) is 155 Å². The van der Waals surface area contributed by atoms with Gasteiger partial charge in [-0.3, -0.25) is 0 Å². The molecule has 10 aromatic rings. The molecule has 0 aliphatic rings. The first-order valence-corrected chi connectivity index (χ1v) is 14.5. The minimum Gasteiger partial charge on any atom is -0.309 e. The van der Waals surface area contributed by atoms with Crippen LogP contribution in [0, 0.1) is 0 Å². The summed E-state index contributed by atoms with van der Waals surface area (Å²) >= 11 is 0. The zero-order chi connectivity index (χ0) is 27.4. The number of benzene rings is 7. The third-order valence-corrected chi connectivity index (χ3v) is 9.21. The molecule has 0 fully saturated rings. The molecule has 0 saturated carbocycles. The van der Waals surface area contributed by atoms with Crippen molar-refractivity contribution in [3.05, 3.63) is 146 Å². The summed E-state index contributed by atoms with van der Waals surface area (Å²) in [6.07, 6.45) is 0. The second-order valence-electron chi connectivity index (χ2n) is 11.4. The smallest absolute Gasteiger partial charge is 0.0621 e. The topological polar surface area (TPSA) is 9.34 Å². The Morgan fingerprint density at radius 2 is 0.976 bits per heavy atom. The van der Waals surface area contributed by atoms with Gasteiger partial charge in [-0.2, -0.15) is 0 Å². The van der Waals surface area contributed by atoms with Crippen LogP contribution >= 0.6 is 0 Å². The summed E-state index contributed by atoms with van der Waals surface area (Å²) < 4.78 is 4.86. The van der Waals surface area contributed by atoms with Gasteiger partial charge in [0, 0.05) is 38.0 Å². The van der Waals surface area contributed by atoms with E-state index in [4.69, 9.17) is 0 Å². The van der Waals surface area contributed by atoms with Crippen LogP contribution in [0.25, 0.3) is 87.5 Å². The maximum Gasteiger partial charge on any atom is 0.0621 e. The lowest BCUT2D eigenvalue weighted by Crippen LogP contribution is -1.92. The fourth-order valence-corrected chi connectivity index (χ4v) is 7.44. The van der Waals surface area contributed by atoms with Gasteiger partial charge in [0.1, 0.15) is 0 Å². The first-order chi connectivity index (χ1) is 20.8. The van der Waals surface area contributed by atoms with Crippen LogP contribution in [0.3, 0.4) is 0 Å². The van der Waals surface area contributed by atoms with E-state index in [1.807, 2.05) is 0 Å². The number of nitrogens with zero attached hydrogens (tertiary/aromatic N) is 2. The van der Waals surface area contributed by atoms with Crippen LogP contribution in [-0.2, 0) is 0 Å². The average molecular weight is 533 g/mol. The lowest BCUT2D eigenvalue weighted by molar-refractivity contribution is 1.18. The first kappa shape index (κ1) is 22.1. The zero-order valence-electron chi connectivity index (χ0n) is 22.8. The van der Waals surface area contributed by atoms with Crippen LogP contribution in [0.15, 0.2) is 146 Å². The lowest BCUT2D eigenvalue weighted by Gasteiger charge is -2.09. The predicted octanol–water partition coefficient (Wildman–Crippen LogP) is 10.8. The van der Waals surface area contributed by atoms with Gasteiger partial charge in [-0.15, -0.1) is 0 Å². The van der Waals surface area contributed by atoms with Gasteiger partial charge < -0.3 is 8.97 Å². The van der Waals surface area contributed by atoms with Crippen molar-refractivity contribution in [1.82, 2.24) is 8.97 Å². The summed E-state index contributed by atoms with van der Waals surface area (Å²) in [5.41, 5.74) is 9.98. The van der Waals surface area contributed by atoms with Crippen LogP contribution in [0.4, 0.5) is 0 Å². The fraction of sp³-hybridized carbons (Fsp3) is 0. The second kappa shape index (κ2) is 7.99. The Balaban J connectivity index is 1.33. The van der Waals surface area contributed by atoms with Crippen molar-refractivity contribution < 1.29 is 0 Å². The lowest BCUT2D eigenvalue weighted by atomic mass is 9.96. The van der Waals surface area contributed by atoms with E-state index in [0.717, 1.165) is 0 Å². The Hall–Kier alpha value is -5.60. The van der Waals surface area contributed by atoms with Crippen LogP contribution in [-0.4, -0.2) is 8.97 Å². The van der Waals surface area contributed by atoms with E-state index < -0.39 is 0 Å². The SMILES string of the molecule is c1ccc(-n2c3ccccc3c3cc(-c4cc5c6ccccc6n6c7ccc8ccccc8c7c(c4)c56)ccc32)cc1. The number of aromatic nitrogens is 2. The summed E-state index contributed by atoms with van der Waals surface area (Å²) in [5, 5.41) is 10.4. The third kappa shape index (κ3) is 2.78. The highest BCUT2D eigenvalue weighted by atomic mass is 15.0. The van der Waals surface area contributed by atoms with Crippen LogP contribution < -0.4 is 0 Å². The maximum atomic E-state index is 2.47. The molecule has 0 spiro atoms. The molecule has 0 amide bonds. The molecular weight excluding hydrogens is 508 g/mol. The van der Waals surface area contributed by atoms with Gasteiger partial charge in [0.2, 0.25) is 0 Å². The van der Waals surface area contributed by atoms with E-state index in [9.17, 15) is 0 Å². The monoisotopic (exact) mass is 532 g/mol. The largest absolute Gasteiger partial charge is 0.309 e. The second-order valence-corrected chi connectivity index (χ2v) is 11.4. The Labute approximate surface area is 241 Å². The van der Waals surface area contributed by atoms with Gasteiger partial charge >= 0.3 is 0 Å². The molecule has 0 atom stereocenters. The molecule has 3 aromatic heterocycles. The normalized spacial score (nSPS) is 12.3. The molecule has 10 rings (SSSR count).